The van der Waals surface area contributed by atoms with E-state index < -0.39 is 17.2 Å². The molecule has 1 N–H and O–H groups in total. The van der Waals surface area contributed by atoms with Gasteiger partial charge in [-0.25, -0.2) is 9.59 Å². The molecular weight excluding hydrogens is 416 g/mol. The van der Waals surface area contributed by atoms with E-state index in [1.165, 1.54) is 6.07 Å². The number of carbonyl (C=O) groups is 1. The molecule has 31 heavy (non-hydrogen) atoms. The van der Waals surface area contributed by atoms with Crippen molar-refractivity contribution in [3.05, 3.63) is 97.0 Å². The van der Waals surface area contributed by atoms with E-state index in [-0.39, 0.29) is 18.0 Å². The standard InChI is InChI=1S/C23H18N2O5S/c26-21-17-11-19(22(27)30-13-15-6-7-18-16(10-15)8-9-29-18)31-20(17)24-23(28)25(21)12-14-4-2-1-3-5-14/h1-7,10-11H,8-9,12-13H2,(H,24,28). The van der Waals surface area contributed by atoms with E-state index in [1.54, 1.807) is 0 Å². The van der Waals surface area contributed by atoms with Crippen LogP contribution >= 0.6 is 11.3 Å². The van der Waals surface area contributed by atoms with Crippen LogP contribution in [0.15, 0.2) is 64.2 Å². The van der Waals surface area contributed by atoms with Crippen molar-refractivity contribution >= 4 is 27.5 Å². The molecule has 0 fully saturated rings. The van der Waals surface area contributed by atoms with Crippen LogP contribution < -0.4 is 16.0 Å². The third kappa shape index (κ3) is 3.77. The van der Waals surface area contributed by atoms with E-state index in [0.717, 1.165) is 44.8 Å². The Balaban J connectivity index is 1.38. The van der Waals surface area contributed by atoms with Crippen LogP contribution in [0, 0.1) is 0 Å². The van der Waals surface area contributed by atoms with Gasteiger partial charge in [0.15, 0.2) is 0 Å². The summed E-state index contributed by atoms with van der Waals surface area (Å²) in [6.45, 7) is 0.943. The Bertz CT molecular complexity index is 1400. The predicted molar refractivity (Wildman–Crippen MR) is 117 cm³/mol. The average molecular weight is 434 g/mol. The quantitative estimate of drug-likeness (QED) is 0.488. The molecule has 1 aliphatic rings. The molecule has 2 aromatic carbocycles. The highest BCUT2D eigenvalue weighted by molar-refractivity contribution is 7.20. The molecule has 7 nitrogen and oxygen atoms in total. The number of benzene rings is 2. The van der Waals surface area contributed by atoms with E-state index in [1.807, 2.05) is 48.5 Å². The first-order chi connectivity index (χ1) is 15.1. The summed E-state index contributed by atoms with van der Waals surface area (Å²) in [5.41, 5.74) is 1.87. The van der Waals surface area contributed by atoms with Gasteiger partial charge in [0.25, 0.3) is 5.56 Å². The number of aromatic nitrogens is 2. The Morgan fingerprint density at radius 3 is 2.77 bits per heavy atom. The maximum atomic E-state index is 12.9. The highest BCUT2D eigenvalue weighted by atomic mass is 32.1. The SMILES string of the molecule is O=C(OCc1ccc2c(c1)CCO2)c1cc2c(=O)n(Cc3ccccc3)c(=O)[nH]c2s1. The number of H-pyrrole nitrogens is 1. The molecule has 8 heteroatoms. The summed E-state index contributed by atoms with van der Waals surface area (Å²) < 4.78 is 12.0. The van der Waals surface area contributed by atoms with E-state index in [9.17, 15) is 14.4 Å². The first-order valence-corrected chi connectivity index (χ1v) is 10.6. The molecule has 0 radical (unpaired) electrons. The number of fused-ring (bicyclic) bond motifs is 2. The van der Waals surface area contributed by atoms with Crippen LogP contribution in [0.2, 0.25) is 0 Å². The van der Waals surface area contributed by atoms with Crippen molar-refractivity contribution in [1.82, 2.24) is 9.55 Å². The zero-order valence-corrected chi connectivity index (χ0v) is 17.2. The summed E-state index contributed by atoms with van der Waals surface area (Å²) in [4.78, 5) is 41.2. The predicted octanol–water partition coefficient (Wildman–Crippen LogP) is 3.09. The van der Waals surface area contributed by atoms with Crippen molar-refractivity contribution in [2.24, 2.45) is 0 Å². The van der Waals surface area contributed by atoms with Crippen molar-refractivity contribution in [2.45, 2.75) is 19.6 Å². The highest BCUT2D eigenvalue weighted by Gasteiger charge is 2.18. The molecule has 3 heterocycles. The van der Waals surface area contributed by atoms with E-state index in [2.05, 4.69) is 4.98 Å². The number of carbonyl (C=O) groups excluding carboxylic acids is 1. The molecule has 0 bridgehead atoms. The fraction of sp³-hybridized carbons (Fsp3) is 0.174. The topological polar surface area (TPSA) is 90.4 Å². The van der Waals surface area contributed by atoms with E-state index in [4.69, 9.17) is 9.47 Å². The van der Waals surface area contributed by atoms with Gasteiger partial charge in [0.1, 0.15) is 22.1 Å². The van der Waals surface area contributed by atoms with Gasteiger partial charge < -0.3 is 9.47 Å². The average Bonchev–Trinajstić information content (AvgIpc) is 3.42. The third-order valence-electron chi connectivity index (χ3n) is 5.18. The minimum Gasteiger partial charge on any atom is -0.493 e. The molecule has 0 spiro atoms. The van der Waals surface area contributed by atoms with Gasteiger partial charge in [-0.3, -0.25) is 14.3 Å². The zero-order chi connectivity index (χ0) is 21.4. The second-order valence-electron chi connectivity index (χ2n) is 7.28. The maximum absolute atomic E-state index is 12.9. The van der Waals surface area contributed by atoms with Crippen LogP contribution in [-0.4, -0.2) is 22.1 Å². The number of aromatic amines is 1. The molecular formula is C23H18N2O5S. The van der Waals surface area contributed by atoms with Crippen LogP contribution in [0.5, 0.6) is 5.75 Å². The van der Waals surface area contributed by atoms with Crippen LogP contribution in [0.3, 0.4) is 0 Å². The van der Waals surface area contributed by atoms with Gasteiger partial charge in [-0.2, -0.15) is 0 Å². The first-order valence-electron chi connectivity index (χ1n) is 9.81. The maximum Gasteiger partial charge on any atom is 0.348 e. The molecule has 0 amide bonds. The summed E-state index contributed by atoms with van der Waals surface area (Å²) in [5, 5.41) is 0.294. The van der Waals surface area contributed by atoms with Crippen molar-refractivity contribution < 1.29 is 14.3 Å². The summed E-state index contributed by atoms with van der Waals surface area (Å²) in [7, 11) is 0. The highest BCUT2D eigenvalue weighted by Crippen LogP contribution is 2.26. The lowest BCUT2D eigenvalue weighted by Crippen LogP contribution is -2.34. The number of ether oxygens (including phenoxy) is 2. The van der Waals surface area contributed by atoms with Crippen LogP contribution in [0.4, 0.5) is 0 Å². The molecule has 2 aromatic heterocycles. The number of hydrogen-bond acceptors (Lipinski definition) is 6. The second-order valence-corrected chi connectivity index (χ2v) is 8.33. The third-order valence-corrected chi connectivity index (χ3v) is 6.21. The smallest absolute Gasteiger partial charge is 0.348 e. The fourth-order valence-corrected chi connectivity index (χ4v) is 4.54. The van der Waals surface area contributed by atoms with E-state index in [0.29, 0.717) is 16.8 Å². The molecule has 0 atom stereocenters. The van der Waals surface area contributed by atoms with Gasteiger partial charge in [0.05, 0.1) is 18.5 Å². The molecule has 0 saturated heterocycles. The van der Waals surface area contributed by atoms with E-state index >= 15 is 0 Å². The zero-order valence-electron chi connectivity index (χ0n) is 16.4. The largest absolute Gasteiger partial charge is 0.493 e. The molecule has 156 valence electrons. The minimum atomic E-state index is -0.534. The Hall–Kier alpha value is -3.65. The monoisotopic (exact) mass is 434 g/mol. The summed E-state index contributed by atoms with van der Waals surface area (Å²) >= 11 is 1.04. The van der Waals surface area contributed by atoms with Crippen molar-refractivity contribution in [3.8, 4) is 5.75 Å². The number of hydrogen-bond donors (Lipinski definition) is 1. The second kappa shape index (κ2) is 7.88. The summed E-state index contributed by atoms with van der Waals surface area (Å²) in [6.07, 6.45) is 0.843. The number of nitrogens with one attached hydrogen (secondary N) is 1. The Morgan fingerprint density at radius 2 is 1.94 bits per heavy atom. The van der Waals surface area contributed by atoms with Crippen molar-refractivity contribution in [3.63, 3.8) is 0 Å². The number of rotatable bonds is 5. The lowest BCUT2D eigenvalue weighted by atomic mass is 10.1. The molecule has 5 rings (SSSR count). The van der Waals surface area contributed by atoms with Gasteiger partial charge in [-0.15, -0.1) is 11.3 Å². The molecule has 4 aromatic rings. The van der Waals surface area contributed by atoms with Gasteiger partial charge in [0.2, 0.25) is 0 Å². The molecule has 0 aliphatic carbocycles. The van der Waals surface area contributed by atoms with Gasteiger partial charge >= 0.3 is 11.7 Å². The lowest BCUT2D eigenvalue weighted by molar-refractivity contribution is 0.0478. The molecule has 0 saturated carbocycles. The number of esters is 1. The minimum absolute atomic E-state index is 0.120. The van der Waals surface area contributed by atoms with Crippen LogP contribution in [-0.2, 0) is 24.3 Å². The van der Waals surface area contributed by atoms with Gasteiger partial charge in [0, 0.05) is 6.42 Å². The number of thiophene rings is 1. The van der Waals surface area contributed by atoms with Crippen molar-refractivity contribution in [1.29, 1.82) is 0 Å². The first kappa shape index (κ1) is 19.3. The van der Waals surface area contributed by atoms with Crippen LogP contribution in [0.25, 0.3) is 10.2 Å². The lowest BCUT2D eigenvalue weighted by Gasteiger charge is -2.05. The normalized spacial score (nSPS) is 12.5. The van der Waals surface area contributed by atoms with Gasteiger partial charge in [-0.05, 0) is 34.9 Å². The number of nitrogens with zero attached hydrogens (tertiary/aromatic N) is 1. The van der Waals surface area contributed by atoms with Gasteiger partial charge in [-0.1, -0.05) is 36.4 Å². The molecule has 1 aliphatic heterocycles. The summed E-state index contributed by atoms with van der Waals surface area (Å²) in [5.74, 6) is 0.336. The Labute approximate surface area is 180 Å². The van der Waals surface area contributed by atoms with Crippen LogP contribution in [0.1, 0.15) is 26.4 Å². The Kier molecular flexibility index (Phi) is 4.91. The van der Waals surface area contributed by atoms with Crippen molar-refractivity contribution in [2.75, 3.05) is 6.61 Å². The fourth-order valence-electron chi connectivity index (χ4n) is 3.60. The Morgan fingerprint density at radius 1 is 1.10 bits per heavy atom. The summed E-state index contributed by atoms with van der Waals surface area (Å²) in [6, 6.07) is 16.5. The molecule has 0 unspecified atom stereocenters.